The molecule has 0 aromatic carbocycles. The van der Waals surface area contributed by atoms with Crippen LogP contribution in [0.3, 0.4) is 0 Å². The summed E-state index contributed by atoms with van der Waals surface area (Å²) in [5.74, 6) is 0.0831. The van der Waals surface area contributed by atoms with Crippen molar-refractivity contribution in [2.24, 2.45) is 0 Å². The van der Waals surface area contributed by atoms with Gasteiger partial charge in [-0.05, 0) is 19.1 Å². The van der Waals surface area contributed by atoms with Gasteiger partial charge in [0.2, 0.25) is 5.91 Å². The molecule has 2 heterocycles. The fraction of sp³-hybridized carbons (Fsp3) is 0.538. The fourth-order valence-corrected chi connectivity index (χ4v) is 2.08. The maximum absolute atomic E-state index is 12.0. The zero-order valence-corrected chi connectivity index (χ0v) is 11.1. The molecule has 0 spiro atoms. The predicted molar refractivity (Wildman–Crippen MR) is 69.6 cm³/mol. The molecule has 6 heteroatoms. The van der Waals surface area contributed by atoms with Crippen LogP contribution in [0.4, 0.5) is 4.79 Å². The molecule has 0 N–H and O–H groups in total. The quantitative estimate of drug-likeness (QED) is 0.812. The van der Waals surface area contributed by atoms with Crippen LogP contribution >= 0.6 is 0 Å². The number of ether oxygens (including phenoxy) is 1. The summed E-state index contributed by atoms with van der Waals surface area (Å²) in [5, 5.41) is 0. The van der Waals surface area contributed by atoms with E-state index in [4.69, 9.17) is 4.74 Å². The van der Waals surface area contributed by atoms with Crippen LogP contribution in [0, 0.1) is 0 Å². The second-order valence-electron chi connectivity index (χ2n) is 4.42. The number of amides is 2. The van der Waals surface area contributed by atoms with Gasteiger partial charge in [-0.2, -0.15) is 0 Å². The average Bonchev–Trinajstić information content (AvgIpc) is 2.92. The van der Waals surface area contributed by atoms with Crippen LogP contribution in [-0.4, -0.2) is 59.2 Å². The van der Waals surface area contributed by atoms with Crippen LogP contribution in [0.5, 0.6) is 0 Å². The predicted octanol–water partition coefficient (Wildman–Crippen LogP) is 0.789. The van der Waals surface area contributed by atoms with E-state index in [9.17, 15) is 9.59 Å². The van der Waals surface area contributed by atoms with E-state index in [1.54, 1.807) is 16.7 Å². The number of piperazine rings is 1. The second-order valence-corrected chi connectivity index (χ2v) is 4.42. The molecule has 19 heavy (non-hydrogen) atoms. The van der Waals surface area contributed by atoms with Gasteiger partial charge >= 0.3 is 6.09 Å². The van der Waals surface area contributed by atoms with Gasteiger partial charge in [0.1, 0.15) is 6.54 Å². The third-order valence-electron chi connectivity index (χ3n) is 3.14. The summed E-state index contributed by atoms with van der Waals surface area (Å²) in [6, 6.07) is 3.79. The van der Waals surface area contributed by atoms with E-state index >= 15 is 0 Å². The standard InChI is InChI=1S/C13H19N3O3/c1-2-19-13(18)16-9-7-15(8-10-16)12(17)11-14-5-3-4-6-14/h3-6H,2,7-11H2,1H3. The summed E-state index contributed by atoms with van der Waals surface area (Å²) in [5.41, 5.74) is 0. The lowest BCUT2D eigenvalue weighted by Gasteiger charge is -2.34. The van der Waals surface area contributed by atoms with Crippen molar-refractivity contribution in [2.45, 2.75) is 13.5 Å². The van der Waals surface area contributed by atoms with Gasteiger partial charge < -0.3 is 19.1 Å². The van der Waals surface area contributed by atoms with Crippen molar-refractivity contribution in [3.8, 4) is 0 Å². The third-order valence-corrected chi connectivity index (χ3v) is 3.14. The SMILES string of the molecule is CCOC(=O)N1CCN(C(=O)Cn2cccc2)CC1. The molecule has 1 aliphatic rings. The summed E-state index contributed by atoms with van der Waals surface area (Å²) in [6.07, 6.45) is 3.44. The van der Waals surface area contributed by atoms with Crippen LogP contribution in [0.1, 0.15) is 6.92 Å². The monoisotopic (exact) mass is 265 g/mol. The van der Waals surface area contributed by atoms with E-state index in [0.717, 1.165) is 0 Å². The normalized spacial score (nSPS) is 15.4. The maximum atomic E-state index is 12.0. The van der Waals surface area contributed by atoms with E-state index in [0.29, 0.717) is 39.3 Å². The highest BCUT2D eigenvalue weighted by atomic mass is 16.6. The van der Waals surface area contributed by atoms with Crippen molar-refractivity contribution >= 4 is 12.0 Å². The maximum Gasteiger partial charge on any atom is 0.409 e. The molecule has 6 nitrogen and oxygen atoms in total. The zero-order valence-electron chi connectivity index (χ0n) is 11.1. The van der Waals surface area contributed by atoms with Crippen LogP contribution in [-0.2, 0) is 16.1 Å². The van der Waals surface area contributed by atoms with E-state index in [1.807, 2.05) is 29.1 Å². The number of rotatable bonds is 3. The van der Waals surface area contributed by atoms with Crippen molar-refractivity contribution < 1.29 is 14.3 Å². The Balaban J connectivity index is 1.79. The molecular weight excluding hydrogens is 246 g/mol. The molecule has 0 bridgehead atoms. The molecule has 0 unspecified atom stereocenters. The Bertz CT molecular complexity index is 422. The molecule has 104 valence electrons. The summed E-state index contributed by atoms with van der Waals surface area (Å²) < 4.78 is 6.79. The number of aromatic nitrogens is 1. The molecule has 1 aromatic rings. The Morgan fingerprint density at radius 1 is 1.05 bits per heavy atom. The highest BCUT2D eigenvalue weighted by Crippen LogP contribution is 2.05. The van der Waals surface area contributed by atoms with Crippen molar-refractivity contribution in [1.82, 2.24) is 14.4 Å². The first-order valence-corrected chi connectivity index (χ1v) is 6.51. The highest BCUT2D eigenvalue weighted by Gasteiger charge is 2.24. The lowest BCUT2D eigenvalue weighted by molar-refractivity contribution is -0.133. The Morgan fingerprint density at radius 3 is 2.21 bits per heavy atom. The average molecular weight is 265 g/mol. The first-order chi connectivity index (χ1) is 9.20. The van der Waals surface area contributed by atoms with Crippen LogP contribution in [0.2, 0.25) is 0 Å². The van der Waals surface area contributed by atoms with E-state index in [-0.39, 0.29) is 12.0 Å². The van der Waals surface area contributed by atoms with Gasteiger partial charge in [-0.25, -0.2) is 4.79 Å². The van der Waals surface area contributed by atoms with Crippen LogP contribution < -0.4 is 0 Å². The number of carbonyl (C=O) groups excluding carboxylic acids is 2. The molecule has 1 aromatic heterocycles. The zero-order chi connectivity index (χ0) is 13.7. The minimum atomic E-state index is -0.292. The smallest absolute Gasteiger partial charge is 0.409 e. The van der Waals surface area contributed by atoms with E-state index in [1.165, 1.54) is 0 Å². The number of nitrogens with zero attached hydrogens (tertiary/aromatic N) is 3. The first kappa shape index (κ1) is 13.5. The molecular formula is C13H19N3O3. The van der Waals surface area contributed by atoms with Gasteiger partial charge in [-0.1, -0.05) is 0 Å². The summed E-state index contributed by atoms with van der Waals surface area (Å²) in [7, 11) is 0. The summed E-state index contributed by atoms with van der Waals surface area (Å²) in [6.45, 7) is 4.73. The number of hydrogen-bond acceptors (Lipinski definition) is 3. The molecule has 1 fully saturated rings. The van der Waals surface area contributed by atoms with Crippen molar-refractivity contribution in [3.05, 3.63) is 24.5 Å². The molecule has 0 radical (unpaired) electrons. The minimum absolute atomic E-state index is 0.0831. The lowest BCUT2D eigenvalue weighted by atomic mass is 10.3. The number of hydrogen-bond donors (Lipinski definition) is 0. The number of carbonyl (C=O) groups is 2. The largest absolute Gasteiger partial charge is 0.450 e. The van der Waals surface area contributed by atoms with Gasteiger partial charge in [-0.15, -0.1) is 0 Å². The molecule has 2 amide bonds. The molecule has 1 saturated heterocycles. The minimum Gasteiger partial charge on any atom is -0.450 e. The van der Waals surface area contributed by atoms with Gasteiger partial charge in [0.25, 0.3) is 0 Å². The van der Waals surface area contributed by atoms with Gasteiger partial charge in [-0.3, -0.25) is 4.79 Å². The van der Waals surface area contributed by atoms with Gasteiger partial charge in [0.15, 0.2) is 0 Å². The Kier molecular flexibility index (Phi) is 4.43. The summed E-state index contributed by atoms with van der Waals surface area (Å²) >= 11 is 0. The van der Waals surface area contributed by atoms with Crippen LogP contribution in [0.15, 0.2) is 24.5 Å². The fourth-order valence-electron chi connectivity index (χ4n) is 2.08. The van der Waals surface area contributed by atoms with Crippen molar-refractivity contribution in [1.29, 1.82) is 0 Å². The second kappa shape index (κ2) is 6.26. The van der Waals surface area contributed by atoms with Gasteiger partial charge in [0.05, 0.1) is 6.61 Å². The van der Waals surface area contributed by atoms with Crippen molar-refractivity contribution in [2.75, 3.05) is 32.8 Å². The molecule has 0 atom stereocenters. The molecule has 2 rings (SSSR count). The summed E-state index contributed by atoms with van der Waals surface area (Å²) in [4.78, 5) is 27.0. The lowest BCUT2D eigenvalue weighted by Crippen LogP contribution is -2.51. The highest BCUT2D eigenvalue weighted by molar-refractivity contribution is 5.76. The Labute approximate surface area is 112 Å². The van der Waals surface area contributed by atoms with E-state index < -0.39 is 0 Å². The Hall–Kier alpha value is -1.98. The van der Waals surface area contributed by atoms with Gasteiger partial charge in [0, 0.05) is 38.6 Å². The van der Waals surface area contributed by atoms with Crippen LogP contribution in [0.25, 0.3) is 0 Å². The Morgan fingerprint density at radius 2 is 1.63 bits per heavy atom. The third kappa shape index (κ3) is 3.49. The molecule has 0 saturated carbocycles. The van der Waals surface area contributed by atoms with E-state index in [2.05, 4.69) is 0 Å². The molecule has 1 aliphatic heterocycles. The van der Waals surface area contributed by atoms with Crippen molar-refractivity contribution in [3.63, 3.8) is 0 Å². The first-order valence-electron chi connectivity index (χ1n) is 6.51. The molecule has 0 aliphatic carbocycles. The topological polar surface area (TPSA) is 54.8 Å².